The maximum atomic E-state index is 2.37. The summed E-state index contributed by atoms with van der Waals surface area (Å²) in [5, 5.41) is 0. The van der Waals surface area contributed by atoms with Crippen LogP contribution in [0.1, 0.15) is 32.3 Å². The molecule has 0 aliphatic heterocycles. The van der Waals surface area contributed by atoms with Gasteiger partial charge in [-0.3, -0.25) is 0 Å². The van der Waals surface area contributed by atoms with Gasteiger partial charge < -0.3 is 0 Å². The van der Waals surface area contributed by atoms with E-state index in [-0.39, 0.29) is 8.80 Å². The molecule has 0 N–H and O–H groups in total. The van der Waals surface area contributed by atoms with Crippen LogP contribution in [0.4, 0.5) is 0 Å². The summed E-state index contributed by atoms with van der Waals surface area (Å²) in [6, 6.07) is 15.4. The lowest BCUT2D eigenvalue weighted by Gasteiger charge is -2.09. The molecule has 0 unspecified atom stereocenters. The minimum absolute atomic E-state index is 0.318. The van der Waals surface area contributed by atoms with Crippen LogP contribution in [0.3, 0.4) is 0 Å². The average Bonchev–Trinajstić information content (AvgIpc) is 2.31. The van der Waals surface area contributed by atoms with Crippen LogP contribution < -0.4 is 0 Å². The minimum Gasteiger partial charge on any atom is -0.0680 e. The molecular weight excluding hydrogens is 196 g/mol. The zero-order valence-corrected chi connectivity index (χ0v) is 11.4. The van der Waals surface area contributed by atoms with Gasteiger partial charge in [0.1, 0.15) is 0 Å². The van der Waals surface area contributed by atoms with E-state index < -0.39 is 0 Å². The van der Waals surface area contributed by atoms with Crippen molar-refractivity contribution in [3.63, 3.8) is 0 Å². The molecule has 0 saturated carbocycles. The van der Waals surface area contributed by atoms with Crippen LogP contribution >= 0.6 is 0 Å². The summed E-state index contributed by atoms with van der Waals surface area (Å²) in [7, 11) is -0.318. The van der Waals surface area contributed by atoms with Gasteiger partial charge in [0.25, 0.3) is 0 Å². The Hall–Kier alpha value is -0.563. The maximum absolute atomic E-state index is 2.37. The largest absolute Gasteiger partial charge is 0.0680 e. The Labute approximate surface area is 96.3 Å². The first kappa shape index (κ1) is 12.5. The van der Waals surface area contributed by atoms with Crippen LogP contribution in [0.2, 0.25) is 18.1 Å². The zero-order valence-electron chi connectivity index (χ0n) is 10.2. The standard InChI is InChI=1S/C14H24Si/c1-3-15(4-2)13-9-8-12-14-10-6-5-7-11-14/h5-7,10-11,15H,3-4,8-9,12-13H2,1-2H3. The second-order valence-electron chi connectivity index (χ2n) is 4.41. The zero-order chi connectivity index (χ0) is 10.9. The average molecular weight is 220 g/mol. The van der Waals surface area contributed by atoms with E-state index in [1.165, 1.54) is 36.9 Å². The Morgan fingerprint density at radius 1 is 0.933 bits per heavy atom. The number of hydrogen-bond acceptors (Lipinski definition) is 0. The topological polar surface area (TPSA) is 0 Å². The van der Waals surface area contributed by atoms with E-state index in [1.54, 1.807) is 6.04 Å². The Balaban J connectivity index is 2.12. The highest BCUT2D eigenvalue weighted by Gasteiger charge is 2.04. The van der Waals surface area contributed by atoms with Crippen molar-refractivity contribution in [2.75, 3.05) is 0 Å². The van der Waals surface area contributed by atoms with Crippen molar-refractivity contribution in [1.29, 1.82) is 0 Å². The highest BCUT2D eigenvalue weighted by Crippen LogP contribution is 2.12. The first-order valence-electron chi connectivity index (χ1n) is 6.40. The van der Waals surface area contributed by atoms with Crippen molar-refractivity contribution in [2.24, 2.45) is 0 Å². The van der Waals surface area contributed by atoms with Gasteiger partial charge >= 0.3 is 0 Å². The van der Waals surface area contributed by atoms with E-state index in [0.717, 1.165) is 0 Å². The molecule has 0 nitrogen and oxygen atoms in total. The second-order valence-corrected chi connectivity index (χ2v) is 8.36. The molecule has 1 heteroatoms. The first-order valence-corrected chi connectivity index (χ1v) is 8.85. The van der Waals surface area contributed by atoms with E-state index in [0.29, 0.717) is 0 Å². The summed E-state index contributed by atoms with van der Waals surface area (Å²) in [5.41, 5.74) is 1.50. The Kier molecular flexibility index (Phi) is 6.41. The van der Waals surface area contributed by atoms with Crippen LogP contribution in [-0.4, -0.2) is 8.80 Å². The quantitative estimate of drug-likeness (QED) is 0.475. The normalized spacial score (nSPS) is 10.9. The molecule has 0 fully saturated rings. The highest BCUT2D eigenvalue weighted by atomic mass is 28.3. The van der Waals surface area contributed by atoms with Crippen LogP contribution in [0.25, 0.3) is 0 Å². The second kappa shape index (κ2) is 7.69. The van der Waals surface area contributed by atoms with Gasteiger partial charge in [-0.15, -0.1) is 0 Å². The number of unbranched alkanes of at least 4 members (excludes halogenated alkanes) is 1. The van der Waals surface area contributed by atoms with Crippen molar-refractivity contribution in [2.45, 2.75) is 51.2 Å². The van der Waals surface area contributed by atoms with Crippen molar-refractivity contribution >= 4 is 8.80 Å². The molecule has 0 heterocycles. The molecule has 15 heavy (non-hydrogen) atoms. The molecule has 0 radical (unpaired) electrons. The van der Waals surface area contributed by atoms with Crippen molar-refractivity contribution < 1.29 is 0 Å². The van der Waals surface area contributed by atoms with Crippen molar-refractivity contribution in [1.82, 2.24) is 0 Å². The van der Waals surface area contributed by atoms with Gasteiger partial charge in [0, 0.05) is 8.80 Å². The minimum atomic E-state index is -0.318. The number of rotatable bonds is 7. The predicted molar refractivity (Wildman–Crippen MR) is 72.3 cm³/mol. The molecule has 0 saturated heterocycles. The Bertz CT molecular complexity index is 239. The molecule has 0 aliphatic carbocycles. The lowest BCUT2D eigenvalue weighted by atomic mass is 10.1. The summed E-state index contributed by atoms with van der Waals surface area (Å²) in [4.78, 5) is 0. The van der Waals surface area contributed by atoms with Crippen LogP contribution in [0, 0.1) is 0 Å². The monoisotopic (exact) mass is 220 g/mol. The number of hydrogen-bond donors (Lipinski definition) is 0. The summed E-state index contributed by atoms with van der Waals surface area (Å²) in [5.74, 6) is 0. The lowest BCUT2D eigenvalue weighted by Crippen LogP contribution is -2.08. The third-order valence-electron chi connectivity index (χ3n) is 3.33. The van der Waals surface area contributed by atoms with E-state index >= 15 is 0 Å². The van der Waals surface area contributed by atoms with E-state index in [2.05, 4.69) is 44.2 Å². The van der Waals surface area contributed by atoms with Gasteiger partial charge in [-0.2, -0.15) is 0 Å². The van der Waals surface area contributed by atoms with Gasteiger partial charge in [-0.25, -0.2) is 0 Å². The lowest BCUT2D eigenvalue weighted by molar-refractivity contribution is 0.785. The van der Waals surface area contributed by atoms with Crippen LogP contribution in [0.5, 0.6) is 0 Å². The van der Waals surface area contributed by atoms with Gasteiger partial charge in [0.05, 0.1) is 0 Å². The van der Waals surface area contributed by atoms with E-state index in [1.807, 2.05) is 0 Å². The molecule has 1 aromatic rings. The van der Waals surface area contributed by atoms with E-state index in [4.69, 9.17) is 0 Å². The third-order valence-corrected chi connectivity index (χ3v) is 6.86. The number of benzene rings is 1. The molecule has 0 bridgehead atoms. The fourth-order valence-electron chi connectivity index (χ4n) is 2.10. The fourth-order valence-corrected chi connectivity index (χ4v) is 4.36. The molecule has 1 aromatic carbocycles. The number of aryl methyl sites for hydroxylation is 1. The Morgan fingerprint density at radius 3 is 2.20 bits per heavy atom. The van der Waals surface area contributed by atoms with Crippen LogP contribution in [-0.2, 0) is 6.42 Å². The van der Waals surface area contributed by atoms with Crippen molar-refractivity contribution in [3.8, 4) is 0 Å². The van der Waals surface area contributed by atoms with Gasteiger partial charge in [-0.05, 0) is 18.4 Å². The summed E-state index contributed by atoms with van der Waals surface area (Å²) in [6.45, 7) is 4.75. The summed E-state index contributed by atoms with van der Waals surface area (Å²) < 4.78 is 0. The fraction of sp³-hybridized carbons (Fsp3) is 0.571. The summed E-state index contributed by atoms with van der Waals surface area (Å²) in [6.07, 6.45) is 4.11. The third kappa shape index (κ3) is 5.17. The van der Waals surface area contributed by atoms with Gasteiger partial charge in [-0.1, -0.05) is 68.7 Å². The molecule has 0 amide bonds. The van der Waals surface area contributed by atoms with Crippen molar-refractivity contribution in [3.05, 3.63) is 35.9 Å². The first-order chi connectivity index (χ1) is 7.36. The van der Waals surface area contributed by atoms with Gasteiger partial charge in [0.2, 0.25) is 0 Å². The maximum Gasteiger partial charge on any atom is 0.0362 e. The molecule has 84 valence electrons. The van der Waals surface area contributed by atoms with Gasteiger partial charge in [0.15, 0.2) is 0 Å². The predicted octanol–water partition coefficient (Wildman–Crippen LogP) is 4.28. The smallest absolute Gasteiger partial charge is 0.0362 e. The molecule has 0 aromatic heterocycles. The van der Waals surface area contributed by atoms with Crippen LogP contribution in [0.15, 0.2) is 30.3 Å². The summed E-state index contributed by atoms with van der Waals surface area (Å²) >= 11 is 0. The molecule has 1 rings (SSSR count). The Morgan fingerprint density at radius 2 is 1.60 bits per heavy atom. The SMILES string of the molecule is CC[SiH](CC)CCCCc1ccccc1. The molecule has 0 aliphatic rings. The van der Waals surface area contributed by atoms with E-state index in [9.17, 15) is 0 Å². The highest BCUT2D eigenvalue weighted by molar-refractivity contribution is 6.58. The molecular formula is C14H24Si. The molecule has 0 spiro atoms. The molecule has 0 atom stereocenters.